The number of phenols is 1. The van der Waals surface area contributed by atoms with E-state index in [0.29, 0.717) is 13.0 Å². The number of aromatic hydroxyl groups is 1. The molecule has 1 aromatic rings. The Hall–Kier alpha value is -2.08. The summed E-state index contributed by atoms with van der Waals surface area (Å²) in [5.74, 6) is -1.54. The Kier molecular flexibility index (Phi) is 4.80. The second-order valence-electron chi connectivity index (χ2n) is 5.35. The Morgan fingerprint density at radius 1 is 1.38 bits per heavy atom. The lowest BCUT2D eigenvalue weighted by atomic mass is 10.0. The van der Waals surface area contributed by atoms with E-state index in [1.807, 2.05) is 6.92 Å². The number of ether oxygens (including phenoxy) is 1. The van der Waals surface area contributed by atoms with Gasteiger partial charge in [0.25, 0.3) is 0 Å². The molecule has 1 heterocycles. The molecule has 0 spiro atoms. The smallest absolute Gasteiger partial charge is 0.326 e. The first-order chi connectivity index (χ1) is 9.95. The minimum atomic E-state index is -1.08. The molecule has 0 aliphatic carbocycles. The fourth-order valence-corrected chi connectivity index (χ4v) is 2.36. The van der Waals surface area contributed by atoms with Gasteiger partial charge in [0.05, 0.1) is 18.6 Å². The van der Waals surface area contributed by atoms with Crippen LogP contribution in [0.1, 0.15) is 18.9 Å². The van der Waals surface area contributed by atoms with E-state index in [9.17, 15) is 19.8 Å². The Morgan fingerprint density at radius 3 is 2.57 bits per heavy atom. The number of aliphatic carboxylic acids is 1. The number of carbonyl (C=O) groups is 2. The van der Waals surface area contributed by atoms with Crippen LogP contribution in [0.25, 0.3) is 0 Å². The zero-order valence-electron chi connectivity index (χ0n) is 11.8. The second-order valence-corrected chi connectivity index (χ2v) is 5.35. The Balaban J connectivity index is 1.97. The van der Waals surface area contributed by atoms with Crippen LogP contribution >= 0.6 is 0 Å². The topological polar surface area (TPSA) is 95.9 Å². The van der Waals surface area contributed by atoms with Crippen LogP contribution in [0.15, 0.2) is 24.3 Å². The van der Waals surface area contributed by atoms with E-state index in [2.05, 4.69) is 5.32 Å². The van der Waals surface area contributed by atoms with Crippen molar-refractivity contribution in [3.63, 3.8) is 0 Å². The van der Waals surface area contributed by atoms with Gasteiger partial charge in [-0.2, -0.15) is 0 Å². The first-order valence-electron chi connectivity index (χ1n) is 6.88. The van der Waals surface area contributed by atoms with Gasteiger partial charge >= 0.3 is 5.97 Å². The summed E-state index contributed by atoms with van der Waals surface area (Å²) in [5.41, 5.74) is 0.733. The Morgan fingerprint density at radius 2 is 2.05 bits per heavy atom. The quantitative estimate of drug-likeness (QED) is 0.750. The number of amides is 1. The molecule has 6 heteroatoms. The molecule has 3 N–H and O–H groups in total. The van der Waals surface area contributed by atoms with Gasteiger partial charge in [-0.3, -0.25) is 4.79 Å². The highest BCUT2D eigenvalue weighted by atomic mass is 16.5. The van der Waals surface area contributed by atoms with Crippen LogP contribution in [0.4, 0.5) is 0 Å². The minimum absolute atomic E-state index is 0.0288. The van der Waals surface area contributed by atoms with Gasteiger partial charge in [-0.05, 0) is 31.0 Å². The molecule has 1 saturated heterocycles. The highest BCUT2D eigenvalue weighted by Gasteiger charge is 2.31. The monoisotopic (exact) mass is 293 g/mol. The van der Waals surface area contributed by atoms with Crippen LogP contribution in [0.2, 0.25) is 0 Å². The number of hydrogen-bond acceptors (Lipinski definition) is 4. The van der Waals surface area contributed by atoms with Gasteiger partial charge in [-0.25, -0.2) is 4.79 Å². The number of benzene rings is 1. The van der Waals surface area contributed by atoms with Crippen molar-refractivity contribution in [3.8, 4) is 5.75 Å². The number of hydrogen-bond donors (Lipinski definition) is 3. The standard InChI is InChI=1S/C15H19NO5/c1-9-6-11(8-21-9)14(18)16-13(15(19)20)7-10-2-4-12(17)5-3-10/h2-5,9,11,13,17H,6-8H2,1H3,(H,16,18)(H,19,20)/t9?,11?,13-/m0/s1. The van der Waals surface area contributed by atoms with Gasteiger partial charge in [-0.15, -0.1) is 0 Å². The zero-order valence-corrected chi connectivity index (χ0v) is 11.8. The first kappa shape index (κ1) is 15.3. The predicted octanol–water partition coefficient (Wildman–Crippen LogP) is 0.929. The van der Waals surface area contributed by atoms with Crippen LogP contribution in [-0.4, -0.2) is 40.8 Å². The van der Waals surface area contributed by atoms with Gasteiger partial charge in [0, 0.05) is 6.42 Å². The number of rotatable bonds is 5. The summed E-state index contributed by atoms with van der Waals surface area (Å²) in [6.07, 6.45) is 0.808. The summed E-state index contributed by atoms with van der Waals surface area (Å²) in [6.45, 7) is 2.22. The number of phenolic OH excluding ortho intramolecular Hbond substituents is 1. The van der Waals surface area contributed by atoms with Crippen molar-refractivity contribution in [2.24, 2.45) is 5.92 Å². The van der Waals surface area contributed by atoms with Crippen molar-refractivity contribution in [2.75, 3.05) is 6.61 Å². The maximum atomic E-state index is 12.1. The number of carboxylic acid groups (broad SMARTS) is 1. The van der Waals surface area contributed by atoms with Gasteiger partial charge < -0.3 is 20.3 Å². The molecule has 1 aliphatic rings. The number of nitrogens with one attached hydrogen (secondary N) is 1. The third-order valence-electron chi connectivity index (χ3n) is 3.56. The van der Waals surface area contributed by atoms with E-state index in [-0.39, 0.29) is 30.1 Å². The molecule has 1 aromatic carbocycles. The van der Waals surface area contributed by atoms with Crippen molar-refractivity contribution in [1.82, 2.24) is 5.32 Å². The average molecular weight is 293 g/mol. The summed E-state index contributed by atoms with van der Waals surface area (Å²) in [4.78, 5) is 23.3. The molecule has 114 valence electrons. The number of carbonyl (C=O) groups excluding carboxylic acids is 1. The van der Waals surface area contributed by atoms with Crippen molar-refractivity contribution in [2.45, 2.75) is 31.9 Å². The Labute approximate surface area is 122 Å². The fraction of sp³-hybridized carbons (Fsp3) is 0.467. The second kappa shape index (κ2) is 6.58. The molecule has 2 unspecified atom stereocenters. The molecule has 0 aromatic heterocycles. The van der Waals surface area contributed by atoms with Crippen LogP contribution in [0, 0.1) is 5.92 Å². The lowest BCUT2D eigenvalue weighted by Crippen LogP contribution is -2.45. The van der Waals surface area contributed by atoms with E-state index in [1.54, 1.807) is 12.1 Å². The normalized spacial score (nSPS) is 22.7. The van der Waals surface area contributed by atoms with Gasteiger partial charge in [-0.1, -0.05) is 12.1 Å². The summed E-state index contributed by atoms with van der Waals surface area (Å²) < 4.78 is 5.32. The van der Waals surface area contributed by atoms with Crippen LogP contribution in [0.3, 0.4) is 0 Å². The van der Waals surface area contributed by atoms with Gasteiger partial charge in [0.15, 0.2) is 0 Å². The maximum absolute atomic E-state index is 12.1. The lowest BCUT2D eigenvalue weighted by molar-refractivity contribution is -0.142. The van der Waals surface area contributed by atoms with E-state index < -0.39 is 12.0 Å². The summed E-state index contributed by atoms with van der Waals surface area (Å²) in [5, 5.41) is 21.0. The molecule has 0 radical (unpaired) electrons. The maximum Gasteiger partial charge on any atom is 0.326 e. The van der Waals surface area contributed by atoms with Crippen LogP contribution < -0.4 is 5.32 Å². The first-order valence-corrected chi connectivity index (χ1v) is 6.88. The van der Waals surface area contributed by atoms with Crippen molar-refractivity contribution < 1.29 is 24.5 Å². The molecule has 3 atom stereocenters. The predicted molar refractivity (Wildman–Crippen MR) is 74.9 cm³/mol. The van der Waals surface area contributed by atoms with E-state index >= 15 is 0 Å². The SMILES string of the molecule is CC1CC(C(=O)N[C@@H](Cc2ccc(O)cc2)C(=O)O)CO1. The van der Waals surface area contributed by atoms with Crippen LogP contribution in [-0.2, 0) is 20.7 Å². The molecular weight excluding hydrogens is 274 g/mol. The molecule has 1 amide bonds. The molecule has 1 fully saturated rings. The van der Waals surface area contributed by atoms with E-state index in [1.165, 1.54) is 12.1 Å². The molecular formula is C15H19NO5. The van der Waals surface area contributed by atoms with Gasteiger partial charge in [0.2, 0.25) is 5.91 Å². The molecule has 2 rings (SSSR count). The average Bonchev–Trinajstić information content (AvgIpc) is 2.87. The van der Waals surface area contributed by atoms with E-state index in [0.717, 1.165) is 5.56 Å². The highest BCUT2D eigenvalue weighted by Crippen LogP contribution is 2.19. The molecule has 1 aliphatic heterocycles. The van der Waals surface area contributed by atoms with Crippen LogP contribution in [0.5, 0.6) is 5.75 Å². The van der Waals surface area contributed by atoms with Gasteiger partial charge in [0.1, 0.15) is 11.8 Å². The third kappa shape index (κ3) is 4.19. The third-order valence-corrected chi connectivity index (χ3v) is 3.56. The van der Waals surface area contributed by atoms with E-state index in [4.69, 9.17) is 4.74 Å². The lowest BCUT2D eigenvalue weighted by Gasteiger charge is -2.17. The minimum Gasteiger partial charge on any atom is -0.508 e. The summed E-state index contributed by atoms with van der Waals surface area (Å²) >= 11 is 0. The Bertz CT molecular complexity index is 513. The molecule has 21 heavy (non-hydrogen) atoms. The van der Waals surface area contributed by atoms with Crippen molar-refractivity contribution in [3.05, 3.63) is 29.8 Å². The molecule has 0 saturated carbocycles. The highest BCUT2D eigenvalue weighted by molar-refractivity contribution is 5.85. The summed E-state index contributed by atoms with van der Waals surface area (Å²) in [6, 6.07) is 5.26. The van der Waals surface area contributed by atoms with Crippen molar-refractivity contribution >= 4 is 11.9 Å². The number of carboxylic acids is 1. The molecule has 0 bridgehead atoms. The van der Waals surface area contributed by atoms with Crippen molar-refractivity contribution in [1.29, 1.82) is 0 Å². The molecule has 6 nitrogen and oxygen atoms in total. The zero-order chi connectivity index (χ0) is 15.4. The largest absolute Gasteiger partial charge is 0.508 e. The fourth-order valence-electron chi connectivity index (χ4n) is 2.36. The summed E-state index contributed by atoms with van der Waals surface area (Å²) in [7, 11) is 0.